The molecule has 25 heavy (non-hydrogen) atoms. The molecule has 1 aliphatic heterocycles. The lowest BCUT2D eigenvalue weighted by Gasteiger charge is -2.17. The predicted octanol–water partition coefficient (Wildman–Crippen LogP) is 0.286. The molecule has 0 spiro atoms. The molecular weight excluding hydrogens is 320 g/mol. The second-order valence-electron chi connectivity index (χ2n) is 6.51. The number of β-amino-alcohol motifs (C(OH)–C–C–N with tert-alkyl or cyclic N) is 1. The average Bonchev–Trinajstić information content (AvgIpc) is 3.26. The zero-order valence-corrected chi connectivity index (χ0v) is 13.9. The van der Waals surface area contributed by atoms with Crippen LogP contribution in [-0.4, -0.2) is 54.2 Å². The number of nitrogens with zero attached hydrogens (tertiary/aromatic N) is 5. The number of primary amides is 1. The van der Waals surface area contributed by atoms with Gasteiger partial charge in [0.1, 0.15) is 5.65 Å². The molecule has 4 rings (SSSR count). The van der Waals surface area contributed by atoms with Crippen LogP contribution in [0.1, 0.15) is 22.1 Å². The van der Waals surface area contributed by atoms with Gasteiger partial charge in [0.25, 0.3) is 0 Å². The van der Waals surface area contributed by atoms with E-state index >= 15 is 0 Å². The normalized spacial score (nSPS) is 21.2. The highest BCUT2D eigenvalue weighted by atomic mass is 16.3. The van der Waals surface area contributed by atoms with Gasteiger partial charge in [-0.15, -0.1) is 0 Å². The first-order chi connectivity index (χ1) is 12.0. The minimum Gasteiger partial charge on any atom is -0.390 e. The van der Waals surface area contributed by atoms with Gasteiger partial charge in [0, 0.05) is 50.7 Å². The summed E-state index contributed by atoms with van der Waals surface area (Å²) in [5, 5.41) is 11.3. The van der Waals surface area contributed by atoms with Crippen LogP contribution < -0.4 is 5.73 Å². The van der Waals surface area contributed by atoms with Gasteiger partial charge in [0.2, 0.25) is 5.91 Å². The number of carbonyl (C=O) groups excluding carboxylic acids is 1. The molecule has 1 fully saturated rings. The van der Waals surface area contributed by atoms with Gasteiger partial charge in [-0.2, -0.15) is 0 Å². The number of amides is 1. The van der Waals surface area contributed by atoms with Crippen molar-refractivity contribution >= 4 is 16.9 Å². The van der Waals surface area contributed by atoms with Crippen molar-refractivity contribution in [2.24, 2.45) is 12.8 Å². The standard InChI is InChI=1S/C17H20N6O2/c1-21-10-19-6-11(21)7-22-8-14(15(24)9-22)23-5-3-13-12(16(18)25)2-4-20-17(13)23/h2-6,10,14-15,24H,7-9H2,1H3,(H2,18,25)/t14-,15-/m1/s1. The molecule has 0 aromatic carbocycles. The van der Waals surface area contributed by atoms with Gasteiger partial charge in [-0.3, -0.25) is 9.69 Å². The summed E-state index contributed by atoms with van der Waals surface area (Å²) in [6, 6.07) is 3.33. The van der Waals surface area contributed by atoms with E-state index in [4.69, 9.17) is 5.73 Å². The molecule has 2 atom stereocenters. The smallest absolute Gasteiger partial charge is 0.249 e. The molecular formula is C17H20N6O2. The minimum absolute atomic E-state index is 0.124. The molecule has 4 heterocycles. The number of hydrogen-bond acceptors (Lipinski definition) is 5. The van der Waals surface area contributed by atoms with Gasteiger partial charge in [-0.1, -0.05) is 0 Å². The summed E-state index contributed by atoms with van der Waals surface area (Å²) in [4.78, 5) is 22.3. The molecule has 0 saturated carbocycles. The van der Waals surface area contributed by atoms with Crippen molar-refractivity contribution < 1.29 is 9.90 Å². The van der Waals surface area contributed by atoms with E-state index in [2.05, 4.69) is 14.9 Å². The number of hydrogen-bond donors (Lipinski definition) is 2. The fraction of sp³-hybridized carbons (Fsp3) is 0.353. The Kier molecular flexibility index (Phi) is 3.78. The van der Waals surface area contributed by atoms with Gasteiger partial charge in [-0.05, 0) is 12.1 Å². The van der Waals surface area contributed by atoms with Gasteiger partial charge in [0.15, 0.2) is 0 Å². The molecule has 1 aliphatic rings. The quantitative estimate of drug-likeness (QED) is 0.710. The highest BCUT2D eigenvalue weighted by Gasteiger charge is 2.33. The number of carbonyl (C=O) groups is 1. The summed E-state index contributed by atoms with van der Waals surface area (Å²) in [5.41, 5.74) is 7.65. The predicted molar refractivity (Wildman–Crippen MR) is 91.8 cm³/mol. The molecule has 0 unspecified atom stereocenters. The van der Waals surface area contributed by atoms with Gasteiger partial charge in [0.05, 0.1) is 29.7 Å². The van der Waals surface area contributed by atoms with Crippen molar-refractivity contribution in [3.8, 4) is 0 Å². The second-order valence-corrected chi connectivity index (χ2v) is 6.51. The maximum Gasteiger partial charge on any atom is 0.249 e. The van der Waals surface area contributed by atoms with Gasteiger partial charge in [-0.25, -0.2) is 9.97 Å². The Morgan fingerprint density at radius 2 is 2.24 bits per heavy atom. The Labute approximate surface area is 144 Å². The minimum atomic E-state index is -0.511. The molecule has 0 aliphatic carbocycles. The number of rotatable bonds is 4. The van der Waals surface area contributed by atoms with E-state index in [0.717, 1.165) is 12.2 Å². The topological polar surface area (TPSA) is 102 Å². The lowest BCUT2D eigenvalue weighted by molar-refractivity contribution is 0.100. The lowest BCUT2D eigenvalue weighted by Crippen LogP contribution is -2.22. The van der Waals surface area contributed by atoms with E-state index in [-0.39, 0.29) is 6.04 Å². The number of likely N-dealkylation sites (tertiary alicyclic amines) is 1. The SMILES string of the molecule is Cn1cncc1CN1C[C@@H](O)[C@H](n2ccc3c(C(N)=O)ccnc32)C1. The summed E-state index contributed by atoms with van der Waals surface area (Å²) >= 11 is 0. The van der Waals surface area contributed by atoms with E-state index in [1.165, 1.54) is 0 Å². The van der Waals surface area contributed by atoms with E-state index in [9.17, 15) is 9.90 Å². The average molecular weight is 340 g/mol. The number of fused-ring (bicyclic) bond motifs is 1. The number of aliphatic hydroxyl groups excluding tert-OH is 1. The van der Waals surface area contributed by atoms with E-state index in [1.54, 1.807) is 18.6 Å². The highest BCUT2D eigenvalue weighted by Crippen LogP contribution is 2.28. The summed E-state index contributed by atoms with van der Waals surface area (Å²) in [6.45, 7) is 1.99. The molecule has 8 nitrogen and oxygen atoms in total. The summed E-state index contributed by atoms with van der Waals surface area (Å²) < 4.78 is 3.92. The molecule has 8 heteroatoms. The molecule has 3 N–H and O–H groups in total. The molecule has 3 aromatic rings. The van der Waals surface area contributed by atoms with E-state index in [1.807, 2.05) is 34.6 Å². The van der Waals surface area contributed by atoms with Crippen molar-refractivity contribution in [1.82, 2.24) is 24.0 Å². The molecule has 0 radical (unpaired) electrons. The van der Waals surface area contributed by atoms with Crippen molar-refractivity contribution in [3.05, 3.63) is 48.3 Å². The third-order valence-corrected chi connectivity index (χ3v) is 4.87. The Morgan fingerprint density at radius 3 is 2.96 bits per heavy atom. The number of imidazole rings is 1. The number of aliphatic hydroxyl groups is 1. The van der Waals surface area contributed by atoms with Crippen molar-refractivity contribution in [2.45, 2.75) is 18.7 Å². The van der Waals surface area contributed by atoms with Crippen LogP contribution >= 0.6 is 0 Å². The highest BCUT2D eigenvalue weighted by molar-refractivity contribution is 6.04. The Bertz CT molecular complexity index is 930. The van der Waals surface area contributed by atoms with Crippen LogP contribution in [0.4, 0.5) is 0 Å². The zero-order valence-electron chi connectivity index (χ0n) is 13.9. The van der Waals surface area contributed by atoms with Crippen LogP contribution in [-0.2, 0) is 13.6 Å². The Balaban J connectivity index is 1.62. The zero-order chi connectivity index (χ0) is 17.6. The van der Waals surface area contributed by atoms with Gasteiger partial charge < -0.3 is 20.0 Å². The largest absolute Gasteiger partial charge is 0.390 e. The number of pyridine rings is 1. The molecule has 0 bridgehead atoms. The van der Waals surface area contributed by atoms with Crippen LogP contribution in [0, 0.1) is 0 Å². The van der Waals surface area contributed by atoms with E-state index < -0.39 is 12.0 Å². The Hall–Kier alpha value is -2.71. The maximum absolute atomic E-state index is 11.6. The first-order valence-electron chi connectivity index (χ1n) is 8.15. The van der Waals surface area contributed by atoms with Gasteiger partial charge >= 0.3 is 0 Å². The maximum atomic E-state index is 11.6. The van der Waals surface area contributed by atoms with Crippen LogP contribution in [0.3, 0.4) is 0 Å². The molecule has 1 amide bonds. The summed E-state index contributed by atoms with van der Waals surface area (Å²) in [5.74, 6) is -0.477. The van der Waals surface area contributed by atoms with Crippen molar-refractivity contribution in [3.63, 3.8) is 0 Å². The molecule has 130 valence electrons. The fourth-order valence-corrected chi connectivity index (χ4v) is 3.56. The van der Waals surface area contributed by atoms with E-state index in [0.29, 0.717) is 29.7 Å². The van der Waals surface area contributed by atoms with Crippen molar-refractivity contribution in [1.29, 1.82) is 0 Å². The molecule has 3 aromatic heterocycles. The monoisotopic (exact) mass is 340 g/mol. The Morgan fingerprint density at radius 1 is 1.40 bits per heavy atom. The molecule has 1 saturated heterocycles. The van der Waals surface area contributed by atoms with Crippen molar-refractivity contribution in [2.75, 3.05) is 13.1 Å². The summed E-state index contributed by atoms with van der Waals surface area (Å²) in [7, 11) is 1.96. The first kappa shape index (κ1) is 15.8. The number of aromatic nitrogens is 4. The second kappa shape index (κ2) is 5.98. The summed E-state index contributed by atoms with van der Waals surface area (Å²) in [6.07, 6.45) is 6.54. The number of aryl methyl sites for hydroxylation is 1. The third-order valence-electron chi connectivity index (χ3n) is 4.87. The lowest BCUT2D eigenvalue weighted by atomic mass is 10.2. The first-order valence-corrected chi connectivity index (χ1v) is 8.15. The number of nitrogens with two attached hydrogens (primary N) is 1. The van der Waals surface area contributed by atoms with Crippen LogP contribution in [0.25, 0.3) is 11.0 Å². The van der Waals surface area contributed by atoms with Crippen LogP contribution in [0.5, 0.6) is 0 Å². The fourth-order valence-electron chi connectivity index (χ4n) is 3.56. The van der Waals surface area contributed by atoms with Crippen LogP contribution in [0.2, 0.25) is 0 Å². The van der Waals surface area contributed by atoms with Crippen LogP contribution in [0.15, 0.2) is 37.1 Å². The third kappa shape index (κ3) is 2.69.